The normalized spacial score (nSPS) is 13.7. The lowest BCUT2D eigenvalue weighted by molar-refractivity contribution is -0.117. The summed E-state index contributed by atoms with van der Waals surface area (Å²) in [6.45, 7) is 2.85. The van der Waals surface area contributed by atoms with Crippen LogP contribution in [0.4, 0.5) is 11.4 Å². The number of rotatable bonds is 4. The third-order valence-electron chi connectivity index (χ3n) is 4.18. The van der Waals surface area contributed by atoms with Crippen LogP contribution in [0.25, 0.3) is 0 Å². The van der Waals surface area contributed by atoms with E-state index in [1.165, 1.54) is 11.1 Å². The van der Waals surface area contributed by atoms with Crippen LogP contribution in [0.5, 0.6) is 0 Å². The molecule has 0 aliphatic carbocycles. The van der Waals surface area contributed by atoms with Crippen molar-refractivity contribution in [1.29, 1.82) is 0 Å². The average Bonchev–Trinajstić information content (AvgIpc) is 3.04. The SMILES string of the molecule is CCc1cccc(NC(N)=NCC(=O)N2CCc3ccccc32)c1. The molecule has 0 fully saturated rings. The minimum Gasteiger partial charge on any atom is -0.370 e. The molecule has 3 N–H and O–H groups in total. The number of anilines is 2. The fourth-order valence-electron chi connectivity index (χ4n) is 2.89. The van der Waals surface area contributed by atoms with Gasteiger partial charge in [-0.1, -0.05) is 37.3 Å². The number of nitrogens with one attached hydrogen (secondary N) is 1. The number of hydrogen-bond donors (Lipinski definition) is 2. The molecule has 1 aliphatic rings. The summed E-state index contributed by atoms with van der Waals surface area (Å²) in [7, 11) is 0. The highest BCUT2D eigenvalue weighted by atomic mass is 16.2. The molecule has 124 valence electrons. The van der Waals surface area contributed by atoms with Gasteiger partial charge in [0.15, 0.2) is 5.96 Å². The third kappa shape index (κ3) is 3.56. The average molecular weight is 322 g/mol. The van der Waals surface area contributed by atoms with Crippen LogP contribution in [0.1, 0.15) is 18.1 Å². The van der Waals surface area contributed by atoms with Crippen molar-refractivity contribution in [1.82, 2.24) is 0 Å². The maximum absolute atomic E-state index is 12.4. The highest BCUT2D eigenvalue weighted by Crippen LogP contribution is 2.27. The van der Waals surface area contributed by atoms with Gasteiger partial charge in [-0.05, 0) is 42.2 Å². The Morgan fingerprint density at radius 1 is 1.25 bits per heavy atom. The maximum atomic E-state index is 12.4. The molecule has 0 bridgehead atoms. The van der Waals surface area contributed by atoms with Gasteiger partial charge < -0.3 is 16.0 Å². The van der Waals surface area contributed by atoms with Gasteiger partial charge in [-0.25, -0.2) is 4.99 Å². The number of nitrogens with zero attached hydrogens (tertiary/aromatic N) is 2. The van der Waals surface area contributed by atoms with Crippen LogP contribution in [-0.2, 0) is 17.6 Å². The smallest absolute Gasteiger partial charge is 0.248 e. The van der Waals surface area contributed by atoms with Crippen LogP contribution in [0.15, 0.2) is 53.5 Å². The first-order valence-corrected chi connectivity index (χ1v) is 8.21. The van der Waals surface area contributed by atoms with E-state index >= 15 is 0 Å². The monoisotopic (exact) mass is 322 g/mol. The number of aryl methyl sites for hydroxylation is 1. The molecule has 5 nitrogen and oxygen atoms in total. The predicted molar refractivity (Wildman–Crippen MR) is 98.4 cm³/mol. The number of carbonyl (C=O) groups is 1. The molecule has 2 aromatic rings. The second-order valence-corrected chi connectivity index (χ2v) is 5.80. The topological polar surface area (TPSA) is 70.7 Å². The van der Waals surface area contributed by atoms with Gasteiger partial charge in [0.1, 0.15) is 6.54 Å². The molecule has 1 amide bonds. The van der Waals surface area contributed by atoms with Crippen molar-refractivity contribution in [2.24, 2.45) is 10.7 Å². The van der Waals surface area contributed by atoms with Crippen molar-refractivity contribution in [2.75, 3.05) is 23.3 Å². The molecule has 0 atom stereocenters. The molecular formula is C19H22N4O. The molecule has 0 spiro atoms. The van der Waals surface area contributed by atoms with Crippen molar-refractivity contribution < 1.29 is 4.79 Å². The number of fused-ring (bicyclic) bond motifs is 1. The van der Waals surface area contributed by atoms with Crippen LogP contribution in [0.3, 0.4) is 0 Å². The van der Waals surface area contributed by atoms with E-state index in [1.54, 1.807) is 4.90 Å². The number of amides is 1. The van der Waals surface area contributed by atoms with Gasteiger partial charge in [0.05, 0.1) is 0 Å². The van der Waals surface area contributed by atoms with Gasteiger partial charge in [0, 0.05) is 17.9 Å². The lowest BCUT2D eigenvalue weighted by atomic mass is 10.1. The van der Waals surface area contributed by atoms with E-state index < -0.39 is 0 Å². The van der Waals surface area contributed by atoms with Crippen molar-refractivity contribution in [3.8, 4) is 0 Å². The summed E-state index contributed by atoms with van der Waals surface area (Å²) in [5.41, 5.74) is 10.2. The Hall–Kier alpha value is -2.82. The Balaban J connectivity index is 1.62. The quantitative estimate of drug-likeness (QED) is 0.671. The Kier molecular flexibility index (Phi) is 4.79. The first-order chi connectivity index (χ1) is 11.7. The lowest BCUT2D eigenvalue weighted by Crippen LogP contribution is -2.32. The number of nitrogens with two attached hydrogens (primary N) is 1. The third-order valence-corrected chi connectivity index (χ3v) is 4.18. The molecule has 0 saturated heterocycles. The number of hydrogen-bond acceptors (Lipinski definition) is 2. The summed E-state index contributed by atoms with van der Waals surface area (Å²) in [6.07, 6.45) is 1.85. The minimum absolute atomic E-state index is 0.0352. The molecule has 1 aliphatic heterocycles. The molecule has 0 aromatic heterocycles. The predicted octanol–water partition coefficient (Wildman–Crippen LogP) is 2.56. The Bertz CT molecular complexity index is 769. The second-order valence-electron chi connectivity index (χ2n) is 5.80. The van der Waals surface area contributed by atoms with Crippen LogP contribution in [0.2, 0.25) is 0 Å². The highest BCUT2D eigenvalue weighted by Gasteiger charge is 2.23. The first-order valence-electron chi connectivity index (χ1n) is 8.21. The molecule has 3 rings (SSSR count). The molecule has 0 saturated carbocycles. The van der Waals surface area contributed by atoms with E-state index in [0.29, 0.717) is 6.54 Å². The van der Waals surface area contributed by atoms with Gasteiger partial charge >= 0.3 is 0 Å². The molecular weight excluding hydrogens is 300 g/mol. The van der Waals surface area contributed by atoms with E-state index in [0.717, 1.165) is 24.2 Å². The van der Waals surface area contributed by atoms with E-state index in [4.69, 9.17) is 5.73 Å². The molecule has 1 heterocycles. The van der Waals surface area contributed by atoms with E-state index in [2.05, 4.69) is 29.4 Å². The maximum Gasteiger partial charge on any atom is 0.248 e. The standard InChI is InChI=1S/C19H22N4O/c1-2-14-6-5-8-16(12-14)22-19(20)21-13-18(24)23-11-10-15-7-3-4-9-17(15)23/h3-9,12H,2,10-11,13H2,1H3,(H3,20,21,22). The number of benzene rings is 2. The summed E-state index contributed by atoms with van der Waals surface area (Å²) >= 11 is 0. The molecule has 0 radical (unpaired) electrons. The zero-order valence-corrected chi connectivity index (χ0v) is 13.8. The van der Waals surface area contributed by atoms with Crippen molar-refractivity contribution >= 4 is 23.2 Å². The van der Waals surface area contributed by atoms with Gasteiger partial charge in [-0.3, -0.25) is 4.79 Å². The van der Waals surface area contributed by atoms with E-state index in [1.807, 2.05) is 36.4 Å². The summed E-state index contributed by atoms with van der Waals surface area (Å²) < 4.78 is 0. The number of para-hydroxylation sites is 1. The van der Waals surface area contributed by atoms with Crippen molar-refractivity contribution in [3.63, 3.8) is 0 Å². The number of aliphatic imine (C=N–C) groups is 1. The molecule has 24 heavy (non-hydrogen) atoms. The van der Waals surface area contributed by atoms with Crippen LogP contribution < -0.4 is 16.0 Å². The summed E-state index contributed by atoms with van der Waals surface area (Å²) in [4.78, 5) is 18.4. The van der Waals surface area contributed by atoms with Crippen LogP contribution >= 0.6 is 0 Å². The summed E-state index contributed by atoms with van der Waals surface area (Å²) in [5.74, 6) is 0.219. The first kappa shape index (κ1) is 16.1. The highest BCUT2D eigenvalue weighted by molar-refractivity contribution is 5.99. The number of guanidine groups is 1. The zero-order chi connectivity index (χ0) is 16.9. The summed E-state index contributed by atoms with van der Waals surface area (Å²) in [5, 5.41) is 3.04. The summed E-state index contributed by atoms with van der Waals surface area (Å²) in [6, 6.07) is 16.0. The minimum atomic E-state index is -0.0352. The zero-order valence-electron chi connectivity index (χ0n) is 13.8. The molecule has 0 unspecified atom stereocenters. The Morgan fingerprint density at radius 3 is 2.92 bits per heavy atom. The fourth-order valence-corrected chi connectivity index (χ4v) is 2.89. The van der Waals surface area contributed by atoms with Gasteiger partial charge in [-0.2, -0.15) is 0 Å². The van der Waals surface area contributed by atoms with Gasteiger partial charge in [0.2, 0.25) is 5.91 Å². The van der Waals surface area contributed by atoms with Crippen molar-refractivity contribution in [2.45, 2.75) is 19.8 Å². The van der Waals surface area contributed by atoms with E-state index in [9.17, 15) is 4.79 Å². The lowest BCUT2D eigenvalue weighted by Gasteiger charge is -2.16. The van der Waals surface area contributed by atoms with Crippen LogP contribution in [0, 0.1) is 0 Å². The van der Waals surface area contributed by atoms with Crippen LogP contribution in [-0.4, -0.2) is 25.0 Å². The molecule has 5 heteroatoms. The van der Waals surface area contributed by atoms with Gasteiger partial charge in [0.25, 0.3) is 0 Å². The Morgan fingerprint density at radius 2 is 2.08 bits per heavy atom. The Labute approximate surface area is 142 Å². The molecule has 2 aromatic carbocycles. The second kappa shape index (κ2) is 7.17. The largest absolute Gasteiger partial charge is 0.370 e. The number of carbonyl (C=O) groups excluding carboxylic acids is 1. The van der Waals surface area contributed by atoms with E-state index in [-0.39, 0.29) is 18.4 Å². The fraction of sp³-hybridized carbons (Fsp3) is 0.263. The van der Waals surface area contributed by atoms with Gasteiger partial charge in [-0.15, -0.1) is 0 Å². The van der Waals surface area contributed by atoms with Crippen molar-refractivity contribution in [3.05, 3.63) is 59.7 Å².